The topological polar surface area (TPSA) is 53.5 Å². The van der Waals surface area contributed by atoms with Gasteiger partial charge in [0.05, 0.1) is 0 Å². The Balaban J connectivity index is 1.93. The highest BCUT2D eigenvalue weighted by molar-refractivity contribution is 5.99. The van der Waals surface area contributed by atoms with E-state index in [9.17, 15) is 9.59 Å². The quantitative estimate of drug-likeness (QED) is 0.775. The van der Waals surface area contributed by atoms with Crippen molar-refractivity contribution in [2.24, 2.45) is 0 Å². The zero-order valence-corrected chi connectivity index (χ0v) is 11.7. The Hall–Kier alpha value is -1.91. The summed E-state index contributed by atoms with van der Waals surface area (Å²) in [6, 6.07) is 3.43. The fourth-order valence-electron chi connectivity index (χ4n) is 3.48. The zero-order chi connectivity index (χ0) is 14.2. The van der Waals surface area contributed by atoms with Gasteiger partial charge in [0, 0.05) is 38.1 Å². The zero-order valence-electron chi connectivity index (χ0n) is 11.7. The number of pyridine rings is 1. The molecular formula is C15H19N3O2. The molecule has 0 bridgehead atoms. The Labute approximate surface area is 118 Å². The van der Waals surface area contributed by atoms with Crippen molar-refractivity contribution in [2.75, 3.05) is 20.1 Å². The molecule has 1 aromatic heterocycles. The number of hydrogen-bond donors (Lipinski definition) is 0. The number of likely N-dealkylation sites (tertiary alicyclic amines) is 2. The Morgan fingerprint density at radius 2 is 1.85 bits per heavy atom. The predicted molar refractivity (Wildman–Crippen MR) is 74.1 cm³/mol. The second kappa shape index (κ2) is 4.89. The van der Waals surface area contributed by atoms with Gasteiger partial charge in [-0.1, -0.05) is 0 Å². The third kappa shape index (κ3) is 1.88. The number of carbonyl (C=O) groups excluding carboxylic acids is 2. The van der Waals surface area contributed by atoms with Crippen LogP contribution in [-0.2, 0) is 4.79 Å². The van der Waals surface area contributed by atoms with Gasteiger partial charge >= 0.3 is 0 Å². The van der Waals surface area contributed by atoms with E-state index < -0.39 is 5.54 Å². The molecule has 3 heterocycles. The van der Waals surface area contributed by atoms with Crippen LogP contribution in [0.15, 0.2) is 24.5 Å². The van der Waals surface area contributed by atoms with E-state index in [1.807, 2.05) is 7.05 Å². The summed E-state index contributed by atoms with van der Waals surface area (Å²) in [5, 5.41) is 0. The molecule has 3 rings (SSSR count). The first-order chi connectivity index (χ1) is 9.65. The van der Waals surface area contributed by atoms with Crippen molar-refractivity contribution in [3.8, 4) is 0 Å². The van der Waals surface area contributed by atoms with Crippen LogP contribution in [0.25, 0.3) is 0 Å². The Morgan fingerprint density at radius 1 is 1.20 bits per heavy atom. The molecule has 0 saturated carbocycles. The van der Waals surface area contributed by atoms with Crippen LogP contribution < -0.4 is 0 Å². The van der Waals surface area contributed by atoms with E-state index in [-0.39, 0.29) is 11.8 Å². The first-order valence-corrected chi connectivity index (χ1v) is 7.13. The van der Waals surface area contributed by atoms with Gasteiger partial charge in [-0.15, -0.1) is 0 Å². The number of nitrogens with zero attached hydrogens (tertiary/aromatic N) is 3. The molecule has 106 valence electrons. The Kier molecular flexibility index (Phi) is 3.20. The van der Waals surface area contributed by atoms with Crippen LogP contribution in [0.1, 0.15) is 36.0 Å². The van der Waals surface area contributed by atoms with Crippen molar-refractivity contribution in [1.29, 1.82) is 0 Å². The third-order valence-corrected chi connectivity index (χ3v) is 4.49. The van der Waals surface area contributed by atoms with E-state index in [2.05, 4.69) is 4.98 Å². The van der Waals surface area contributed by atoms with Gasteiger partial charge in [0.15, 0.2) is 0 Å². The van der Waals surface area contributed by atoms with Gasteiger partial charge in [-0.2, -0.15) is 0 Å². The van der Waals surface area contributed by atoms with E-state index >= 15 is 0 Å². The maximum Gasteiger partial charge on any atom is 0.254 e. The highest BCUT2D eigenvalue weighted by Gasteiger charge is 2.52. The fraction of sp³-hybridized carbons (Fsp3) is 0.533. The molecule has 5 heteroatoms. The molecule has 1 aromatic rings. The van der Waals surface area contributed by atoms with E-state index in [1.54, 1.807) is 34.3 Å². The maximum absolute atomic E-state index is 12.7. The summed E-state index contributed by atoms with van der Waals surface area (Å²) in [6.45, 7) is 1.46. The van der Waals surface area contributed by atoms with Crippen LogP contribution in [0, 0.1) is 0 Å². The lowest BCUT2D eigenvalue weighted by atomic mass is 9.85. The highest BCUT2D eigenvalue weighted by atomic mass is 16.2. The number of rotatable bonds is 1. The van der Waals surface area contributed by atoms with Crippen LogP contribution in [0.3, 0.4) is 0 Å². The van der Waals surface area contributed by atoms with Crippen molar-refractivity contribution in [3.05, 3.63) is 30.1 Å². The molecule has 20 heavy (non-hydrogen) atoms. The summed E-state index contributed by atoms with van der Waals surface area (Å²) in [7, 11) is 1.83. The van der Waals surface area contributed by atoms with Gasteiger partial charge in [0.25, 0.3) is 5.91 Å². The molecule has 2 fully saturated rings. The van der Waals surface area contributed by atoms with Crippen molar-refractivity contribution >= 4 is 11.8 Å². The van der Waals surface area contributed by atoms with Gasteiger partial charge in [0.2, 0.25) is 5.91 Å². The third-order valence-electron chi connectivity index (χ3n) is 4.49. The lowest BCUT2D eigenvalue weighted by Gasteiger charge is -2.43. The minimum atomic E-state index is -0.604. The Morgan fingerprint density at radius 3 is 2.55 bits per heavy atom. The summed E-state index contributed by atoms with van der Waals surface area (Å²) in [4.78, 5) is 32.8. The maximum atomic E-state index is 12.7. The largest absolute Gasteiger partial charge is 0.344 e. The molecule has 2 amide bonds. The summed E-state index contributed by atoms with van der Waals surface area (Å²) in [5.74, 6) is 0.0530. The minimum absolute atomic E-state index is 0.0476. The SMILES string of the molecule is CN1CCCC2(CCCN2C(=O)c2ccncc2)C1=O. The summed E-state index contributed by atoms with van der Waals surface area (Å²) < 4.78 is 0. The van der Waals surface area contributed by atoms with Crippen LogP contribution in [-0.4, -0.2) is 52.3 Å². The van der Waals surface area contributed by atoms with E-state index in [0.717, 1.165) is 32.2 Å². The van der Waals surface area contributed by atoms with Gasteiger partial charge in [-0.05, 0) is 37.8 Å². The monoisotopic (exact) mass is 273 g/mol. The standard InChI is InChI=1S/C15H19N3O2/c1-17-10-2-6-15(14(17)20)7-3-11-18(15)13(19)12-4-8-16-9-5-12/h4-5,8-9H,2-3,6-7,10-11H2,1H3. The van der Waals surface area contributed by atoms with Gasteiger partial charge in [-0.3, -0.25) is 14.6 Å². The van der Waals surface area contributed by atoms with E-state index in [4.69, 9.17) is 0 Å². The first kappa shape index (κ1) is 13.1. The molecule has 0 aliphatic carbocycles. The van der Waals surface area contributed by atoms with E-state index in [0.29, 0.717) is 12.1 Å². The molecule has 0 N–H and O–H groups in total. The first-order valence-electron chi connectivity index (χ1n) is 7.13. The van der Waals surface area contributed by atoms with Gasteiger partial charge < -0.3 is 9.80 Å². The molecular weight excluding hydrogens is 254 g/mol. The molecule has 1 atom stereocenters. The highest BCUT2D eigenvalue weighted by Crippen LogP contribution is 2.38. The second-order valence-electron chi connectivity index (χ2n) is 5.66. The molecule has 1 unspecified atom stereocenters. The molecule has 2 aliphatic rings. The second-order valence-corrected chi connectivity index (χ2v) is 5.66. The fourth-order valence-corrected chi connectivity index (χ4v) is 3.48. The molecule has 2 saturated heterocycles. The van der Waals surface area contributed by atoms with E-state index in [1.165, 1.54) is 0 Å². The van der Waals surface area contributed by atoms with Crippen LogP contribution in [0.5, 0.6) is 0 Å². The lowest BCUT2D eigenvalue weighted by molar-refractivity contribution is -0.144. The number of amides is 2. The number of hydrogen-bond acceptors (Lipinski definition) is 3. The molecule has 1 spiro atoms. The van der Waals surface area contributed by atoms with Crippen molar-refractivity contribution in [3.63, 3.8) is 0 Å². The Bertz CT molecular complexity index is 531. The van der Waals surface area contributed by atoms with Crippen molar-refractivity contribution in [1.82, 2.24) is 14.8 Å². The molecule has 5 nitrogen and oxygen atoms in total. The normalized spacial score (nSPS) is 26.4. The number of carbonyl (C=O) groups is 2. The summed E-state index contributed by atoms with van der Waals surface area (Å²) in [6.07, 6.45) is 6.66. The number of likely N-dealkylation sites (N-methyl/N-ethyl adjacent to an activating group) is 1. The summed E-state index contributed by atoms with van der Waals surface area (Å²) in [5.41, 5.74) is 0.00943. The summed E-state index contributed by atoms with van der Waals surface area (Å²) >= 11 is 0. The van der Waals surface area contributed by atoms with Crippen LogP contribution >= 0.6 is 0 Å². The van der Waals surface area contributed by atoms with Crippen LogP contribution in [0.4, 0.5) is 0 Å². The van der Waals surface area contributed by atoms with Crippen LogP contribution in [0.2, 0.25) is 0 Å². The van der Waals surface area contributed by atoms with Gasteiger partial charge in [0.1, 0.15) is 5.54 Å². The molecule has 0 aromatic carbocycles. The number of piperidine rings is 1. The molecule has 2 aliphatic heterocycles. The smallest absolute Gasteiger partial charge is 0.254 e. The van der Waals surface area contributed by atoms with Crippen molar-refractivity contribution in [2.45, 2.75) is 31.2 Å². The number of aromatic nitrogens is 1. The minimum Gasteiger partial charge on any atom is -0.344 e. The average molecular weight is 273 g/mol. The average Bonchev–Trinajstić information content (AvgIpc) is 2.89. The molecule has 0 radical (unpaired) electrons. The van der Waals surface area contributed by atoms with Crippen molar-refractivity contribution < 1.29 is 9.59 Å². The predicted octanol–water partition coefficient (Wildman–Crippen LogP) is 1.31. The lowest BCUT2D eigenvalue weighted by Crippen LogP contribution is -2.60. The van der Waals surface area contributed by atoms with Gasteiger partial charge in [-0.25, -0.2) is 0 Å².